The van der Waals surface area contributed by atoms with E-state index in [1.54, 1.807) is 0 Å². The molecule has 3 rings (SSSR count). The van der Waals surface area contributed by atoms with Gasteiger partial charge in [0.2, 0.25) is 0 Å². The number of nitrogens with one attached hydrogen (secondary N) is 1. The van der Waals surface area contributed by atoms with E-state index in [1.807, 2.05) is 12.1 Å². The standard InChI is InChI=1S/C13H14ClNO/c14-12-6-10-2-4-16-13(10)11(7-12)5-9-1-3-15-8-9/h5-7,15H,1-4,8H2/b9-5-. The van der Waals surface area contributed by atoms with Crippen LogP contribution in [0.15, 0.2) is 17.7 Å². The lowest BCUT2D eigenvalue weighted by Crippen LogP contribution is -2.04. The number of rotatable bonds is 1. The molecule has 0 unspecified atom stereocenters. The first-order valence-electron chi connectivity index (χ1n) is 5.68. The average Bonchev–Trinajstić information content (AvgIpc) is 2.87. The van der Waals surface area contributed by atoms with Gasteiger partial charge in [0, 0.05) is 23.6 Å². The molecule has 2 aliphatic heterocycles. The minimum Gasteiger partial charge on any atom is -0.492 e. The molecule has 16 heavy (non-hydrogen) atoms. The van der Waals surface area contributed by atoms with Crippen molar-refractivity contribution in [3.63, 3.8) is 0 Å². The van der Waals surface area contributed by atoms with Crippen LogP contribution in [-0.4, -0.2) is 19.7 Å². The van der Waals surface area contributed by atoms with E-state index in [0.717, 1.165) is 48.9 Å². The van der Waals surface area contributed by atoms with Crippen molar-refractivity contribution in [3.8, 4) is 5.75 Å². The van der Waals surface area contributed by atoms with E-state index in [0.29, 0.717) is 0 Å². The summed E-state index contributed by atoms with van der Waals surface area (Å²) in [7, 11) is 0. The molecule has 84 valence electrons. The Morgan fingerprint density at radius 3 is 3.06 bits per heavy atom. The topological polar surface area (TPSA) is 21.3 Å². The molecular weight excluding hydrogens is 222 g/mol. The third-order valence-corrected chi connectivity index (χ3v) is 3.33. The molecule has 0 spiro atoms. The van der Waals surface area contributed by atoms with Gasteiger partial charge in [-0.3, -0.25) is 0 Å². The van der Waals surface area contributed by atoms with E-state index in [1.165, 1.54) is 11.1 Å². The third-order valence-electron chi connectivity index (χ3n) is 3.11. The minimum absolute atomic E-state index is 0.782. The number of fused-ring (bicyclic) bond motifs is 1. The fraction of sp³-hybridized carbons (Fsp3) is 0.385. The molecule has 1 fully saturated rings. The predicted molar refractivity (Wildman–Crippen MR) is 66.1 cm³/mol. The first-order valence-corrected chi connectivity index (χ1v) is 6.06. The van der Waals surface area contributed by atoms with Gasteiger partial charge in [-0.25, -0.2) is 0 Å². The largest absolute Gasteiger partial charge is 0.492 e. The Hall–Kier alpha value is -0.990. The molecule has 0 amide bonds. The molecule has 0 radical (unpaired) electrons. The molecule has 0 atom stereocenters. The first-order chi connectivity index (χ1) is 7.83. The van der Waals surface area contributed by atoms with Crippen LogP contribution in [0.25, 0.3) is 6.08 Å². The van der Waals surface area contributed by atoms with Crippen LogP contribution >= 0.6 is 11.6 Å². The van der Waals surface area contributed by atoms with Crippen molar-refractivity contribution in [1.82, 2.24) is 5.32 Å². The van der Waals surface area contributed by atoms with Crippen molar-refractivity contribution in [1.29, 1.82) is 0 Å². The number of hydrogen-bond donors (Lipinski definition) is 1. The monoisotopic (exact) mass is 235 g/mol. The van der Waals surface area contributed by atoms with Gasteiger partial charge in [-0.05, 0) is 30.7 Å². The van der Waals surface area contributed by atoms with Crippen LogP contribution in [-0.2, 0) is 6.42 Å². The maximum atomic E-state index is 6.11. The molecule has 0 saturated carbocycles. The summed E-state index contributed by atoms with van der Waals surface area (Å²) in [6, 6.07) is 4.01. The molecule has 1 aromatic carbocycles. The second-order valence-corrected chi connectivity index (χ2v) is 4.75. The Morgan fingerprint density at radius 1 is 1.31 bits per heavy atom. The van der Waals surface area contributed by atoms with Gasteiger partial charge in [-0.2, -0.15) is 0 Å². The molecular formula is C13H14ClNO. The first kappa shape index (κ1) is 10.2. The van der Waals surface area contributed by atoms with E-state index < -0.39 is 0 Å². The van der Waals surface area contributed by atoms with Crippen LogP contribution in [0.4, 0.5) is 0 Å². The van der Waals surface area contributed by atoms with Crippen molar-refractivity contribution in [3.05, 3.63) is 33.9 Å². The molecule has 1 saturated heterocycles. The van der Waals surface area contributed by atoms with Crippen molar-refractivity contribution in [2.75, 3.05) is 19.7 Å². The van der Waals surface area contributed by atoms with Crippen LogP contribution in [0.1, 0.15) is 17.5 Å². The summed E-state index contributed by atoms with van der Waals surface area (Å²) in [5.74, 6) is 1.03. The Balaban J connectivity index is 2.03. The zero-order valence-corrected chi connectivity index (χ0v) is 9.81. The highest BCUT2D eigenvalue weighted by Crippen LogP contribution is 2.34. The Bertz CT molecular complexity index is 445. The average molecular weight is 236 g/mol. The minimum atomic E-state index is 0.782. The van der Waals surface area contributed by atoms with Gasteiger partial charge in [0.25, 0.3) is 0 Å². The van der Waals surface area contributed by atoms with Crippen molar-refractivity contribution < 1.29 is 4.74 Å². The van der Waals surface area contributed by atoms with Gasteiger partial charge in [0.1, 0.15) is 5.75 Å². The molecule has 2 nitrogen and oxygen atoms in total. The number of hydrogen-bond acceptors (Lipinski definition) is 2. The van der Waals surface area contributed by atoms with Crippen LogP contribution in [0.5, 0.6) is 5.75 Å². The predicted octanol–water partition coefficient (Wildman–Crippen LogP) is 2.65. The van der Waals surface area contributed by atoms with Crippen LogP contribution in [0, 0.1) is 0 Å². The highest BCUT2D eigenvalue weighted by atomic mass is 35.5. The zero-order chi connectivity index (χ0) is 11.0. The van der Waals surface area contributed by atoms with Crippen LogP contribution < -0.4 is 10.1 Å². The lowest BCUT2D eigenvalue weighted by atomic mass is 10.1. The Kier molecular flexibility index (Phi) is 2.62. The molecule has 1 N–H and O–H groups in total. The zero-order valence-electron chi connectivity index (χ0n) is 9.05. The molecule has 3 heteroatoms. The van der Waals surface area contributed by atoms with Gasteiger partial charge < -0.3 is 10.1 Å². The van der Waals surface area contributed by atoms with E-state index in [4.69, 9.17) is 16.3 Å². The van der Waals surface area contributed by atoms with Crippen molar-refractivity contribution in [2.45, 2.75) is 12.8 Å². The smallest absolute Gasteiger partial charge is 0.129 e. The lowest BCUT2D eigenvalue weighted by molar-refractivity contribution is 0.356. The van der Waals surface area contributed by atoms with E-state index >= 15 is 0 Å². The van der Waals surface area contributed by atoms with Crippen LogP contribution in [0.3, 0.4) is 0 Å². The van der Waals surface area contributed by atoms with E-state index in [-0.39, 0.29) is 0 Å². The molecule has 0 bridgehead atoms. The summed E-state index contributed by atoms with van der Waals surface area (Å²) in [6.07, 6.45) is 4.32. The fourth-order valence-electron chi connectivity index (χ4n) is 2.33. The second kappa shape index (κ2) is 4.11. The maximum absolute atomic E-state index is 6.11. The normalized spacial score (nSPS) is 21.2. The third kappa shape index (κ3) is 1.83. The Labute approximate surface area is 100 Å². The van der Waals surface area contributed by atoms with E-state index in [2.05, 4.69) is 11.4 Å². The lowest BCUT2D eigenvalue weighted by Gasteiger charge is -2.06. The molecule has 0 aromatic heterocycles. The van der Waals surface area contributed by atoms with Gasteiger partial charge in [-0.1, -0.05) is 23.3 Å². The summed E-state index contributed by atoms with van der Waals surface area (Å²) in [5, 5.41) is 4.14. The quantitative estimate of drug-likeness (QED) is 0.808. The molecule has 0 aliphatic carbocycles. The summed E-state index contributed by atoms with van der Waals surface area (Å²) < 4.78 is 5.67. The SMILES string of the molecule is Clc1cc(/C=C2/CCNC2)c2c(c1)CCO2. The number of ether oxygens (including phenoxy) is 1. The summed E-state index contributed by atoms with van der Waals surface area (Å²) in [4.78, 5) is 0. The van der Waals surface area contributed by atoms with Gasteiger partial charge >= 0.3 is 0 Å². The number of halogens is 1. The van der Waals surface area contributed by atoms with Gasteiger partial charge in [0.05, 0.1) is 6.61 Å². The molecule has 2 aliphatic rings. The second-order valence-electron chi connectivity index (χ2n) is 4.31. The highest BCUT2D eigenvalue weighted by Gasteiger charge is 2.17. The van der Waals surface area contributed by atoms with Gasteiger partial charge in [0.15, 0.2) is 0 Å². The van der Waals surface area contributed by atoms with Crippen LogP contribution in [0.2, 0.25) is 5.02 Å². The maximum Gasteiger partial charge on any atom is 0.129 e. The summed E-state index contributed by atoms with van der Waals surface area (Å²) in [6.45, 7) is 2.85. The Morgan fingerprint density at radius 2 is 2.25 bits per heavy atom. The highest BCUT2D eigenvalue weighted by molar-refractivity contribution is 6.30. The summed E-state index contributed by atoms with van der Waals surface area (Å²) in [5.41, 5.74) is 3.81. The van der Waals surface area contributed by atoms with Crippen molar-refractivity contribution >= 4 is 17.7 Å². The number of benzene rings is 1. The molecule has 2 heterocycles. The van der Waals surface area contributed by atoms with E-state index in [9.17, 15) is 0 Å². The summed E-state index contributed by atoms with van der Waals surface area (Å²) >= 11 is 6.11. The van der Waals surface area contributed by atoms with Crippen molar-refractivity contribution in [2.24, 2.45) is 0 Å². The fourth-order valence-corrected chi connectivity index (χ4v) is 2.58. The van der Waals surface area contributed by atoms with Gasteiger partial charge in [-0.15, -0.1) is 0 Å². The molecule has 1 aromatic rings.